The lowest BCUT2D eigenvalue weighted by Crippen LogP contribution is -2.40. The Labute approximate surface area is 161 Å². The van der Waals surface area contributed by atoms with Gasteiger partial charge in [-0.15, -0.1) is 5.10 Å². The molecule has 1 fully saturated rings. The molecular formula is C20H20FN5O2. The highest BCUT2D eigenvalue weighted by Crippen LogP contribution is 2.25. The van der Waals surface area contributed by atoms with Crippen LogP contribution in [0, 0.1) is 12.7 Å². The fourth-order valence-corrected chi connectivity index (χ4v) is 3.23. The molecule has 2 aromatic heterocycles. The van der Waals surface area contributed by atoms with E-state index in [0.29, 0.717) is 30.1 Å². The summed E-state index contributed by atoms with van der Waals surface area (Å²) < 4.78 is 20.6. The smallest absolute Gasteiger partial charge is 0.409 e. The molecule has 28 heavy (non-hydrogen) atoms. The summed E-state index contributed by atoms with van der Waals surface area (Å²) in [5.74, 6) is 0.136. The topological polar surface area (TPSA) is 73.1 Å². The highest BCUT2D eigenvalue weighted by atomic mass is 19.1. The van der Waals surface area contributed by atoms with Crippen molar-refractivity contribution >= 4 is 6.09 Å². The number of nitrogens with zero attached hydrogens (tertiary/aromatic N) is 5. The van der Waals surface area contributed by atoms with E-state index in [-0.39, 0.29) is 18.0 Å². The van der Waals surface area contributed by atoms with Gasteiger partial charge in [-0.25, -0.2) is 13.9 Å². The minimum Gasteiger partial charge on any atom is -0.409 e. The van der Waals surface area contributed by atoms with Crippen LogP contribution in [0.3, 0.4) is 0 Å². The minimum atomic E-state index is -0.372. The van der Waals surface area contributed by atoms with Gasteiger partial charge < -0.3 is 9.64 Å². The maximum absolute atomic E-state index is 13.4. The second-order valence-corrected chi connectivity index (χ2v) is 6.82. The first-order valence-electron chi connectivity index (χ1n) is 9.16. The van der Waals surface area contributed by atoms with Crippen LogP contribution in [-0.2, 0) is 0 Å². The number of rotatable bonds is 3. The summed E-state index contributed by atoms with van der Waals surface area (Å²) in [6.45, 7) is 3.01. The van der Waals surface area contributed by atoms with E-state index in [1.807, 2.05) is 13.1 Å². The van der Waals surface area contributed by atoms with Crippen LogP contribution in [0.25, 0.3) is 11.3 Å². The van der Waals surface area contributed by atoms with Crippen LogP contribution in [0.2, 0.25) is 0 Å². The third kappa shape index (κ3) is 4.00. The lowest BCUT2D eigenvalue weighted by Gasteiger charge is -2.30. The molecule has 0 N–H and O–H groups in total. The van der Waals surface area contributed by atoms with E-state index in [4.69, 9.17) is 4.74 Å². The first kappa shape index (κ1) is 18.1. The molecule has 3 heterocycles. The number of piperidine rings is 1. The van der Waals surface area contributed by atoms with Crippen molar-refractivity contribution in [2.75, 3.05) is 13.1 Å². The molecule has 1 aliphatic rings. The van der Waals surface area contributed by atoms with Crippen molar-refractivity contribution in [1.29, 1.82) is 0 Å². The van der Waals surface area contributed by atoms with Crippen molar-refractivity contribution < 1.29 is 13.9 Å². The summed E-state index contributed by atoms with van der Waals surface area (Å²) in [6, 6.07) is 9.96. The molecule has 1 saturated heterocycles. The molecule has 1 amide bonds. The molecule has 0 saturated carbocycles. The molecule has 0 bridgehead atoms. The Balaban J connectivity index is 1.35. The lowest BCUT2D eigenvalue weighted by molar-refractivity contribution is 0.129. The molecule has 3 aromatic rings. The zero-order chi connectivity index (χ0) is 19.5. The van der Waals surface area contributed by atoms with E-state index in [9.17, 15) is 9.18 Å². The van der Waals surface area contributed by atoms with E-state index in [0.717, 1.165) is 18.5 Å². The first-order valence-corrected chi connectivity index (χ1v) is 9.16. The summed E-state index contributed by atoms with van der Waals surface area (Å²) in [4.78, 5) is 18.1. The molecule has 8 heteroatoms. The Morgan fingerprint density at radius 2 is 2.04 bits per heavy atom. The Hall–Kier alpha value is -3.29. The molecule has 144 valence electrons. The molecule has 0 aliphatic carbocycles. The standard InChI is InChI=1S/C20H20FN5O2/c1-14-5-6-18(12-22-14)28-20(27)25-9-7-17(8-10-25)26-13-19(23-24-26)15-3-2-4-16(21)11-15/h2-6,11-13,17H,7-10H2,1H3. The van der Waals surface area contributed by atoms with Crippen LogP contribution in [-0.4, -0.2) is 44.1 Å². The third-order valence-corrected chi connectivity index (χ3v) is 4.82. The van der Waals surface area contributed by atoms with Crippen LogP contribution < -0.4 is 4.74 Å². The van der Waals surface area contributed by atoms with Gasteiger partial charge in [0.2, 0.25) is 0 Å². The number of pyridine rings is 1. The van der Waals surface area contributed by atoms with E-state index < -0.39 is 0 Å². The van der Waals surface area contributed by atoms with E-state index in [2.05, 4.69) is 15.3 Å². The van der Waals surface area contributed by atoms with Crippen LogP contribution in [0.5, 0.6) is 5.75 Å². The second-order valence-electron chi connectivity index (χ2n) is 6.82. The maximum atomic E-state index is 13.4. The van der Waals surface area contributed by atoms with Gasteiger partial charge in [-0.2, -0.15) is 0 Å². The van der Waals surface area contributed by atoms with Crippen molar-refractivity contribution in [3.8, 4) is 17.0 Å². The third-order valence-electron chi connectivity index (χ3n) is 4.82. The number of hydrogen-bond acceptors (Lipinski definition) is 5. The highest BCUT2D eigenvalue weighted by Gasteiger charge is 2.26. The molecule has 0 unspecified atom stereocenters. The Kier molecular flexibility index (Phi) is 5.01. The summed E-state index contributed by atoms with van der Waals surface area (Å²) in [7, 11) is 0. The Morgan fingerprint density at radius 3 is 2.75 bits per heavy atom. The second kappa shape index (κ2) is 7.75. The lowest BCUT2D eigenvalue weighted by atomic mass is 10.1. The van der Waals surface area contributed by atoms with E-state index >= 15 is 0 Å². The summed E-state index contributed by atoms with van der Waals surface area (Å²) in [5.41, 5.74) is 2.19. The number of ether oxygens (including phenoxy) is 1. The van der Waals surface area contributed by atoms with Gasteiger partial charge in [0.25, 0.3) is 0 Å². The molecule has 1 aromatic carbocycles. The monoisotopic (exact) mass is 381 g/mol. The van der Waals surface area contributed by atoms with Crippen LogP contribution in [0.1, 0.15) is 24.6 Å². The number of amides is 1. The van der Waals surface area contributed by atoms with Gasteiger partial charge in [0.1, 0.15) is 11.5 Å². The minimum absolute atomic E-state index is 0.139. The molecule has 0 atom stereocenters. The quantitative estimate of drug-likeness (QED) is 0.693. The van der Waals surface area contributed by atoms with Gasteiger partial charge in [0.15, 0.2) is 5.75 Å². The summed E-state index contributed by atoms with van der Waals surface area (Å²) in [5, 5.41) is 8.35. The normalized spacial score (nSPS) is 14.9. The number of halogens is 1. The number of aromatic nitrogens is 4. The number of hydrogen-bond donors (Lipinski definition) is 0. The number of aryl methyl sites for hydroxylation is 1. The zero-order valence-electron chi connectivity index (χ0n) is 15.5. The van der Waals surface area contributed by atoms with Gasteiger partial charge in [0, 0.05) is 24.3 Å². The van der Waals surface area contributed by atoms with Gasteiger partial charge in [-0.05, 0) is 44.0 Å². The molecule has 4 rings (SSSR count). The van der Waals surface area contributed by atoms with Gasteiger partial charge >= 0.3 is 6.09 Å². The zero-order valence-corrected chi connectivity index (χ0v) is 15.5. The number of benzene rings is 1. The SMILES string of the molecule is Cc1ccc(OC(=O)N2CCC(n3cc(-c4cccc(F)c4)nn3)CC2)cn1. The van der Waals surface area contributed by atoms with Crippen molar-refractivity contribution in [2.45, 2.75) is 25.8 Å². The first-order chi connectivity index (χ1) is 13.6. The van der Waals surface area contributed by atoms with E-state index in [1.165, 1.54) is 12.1 Å². The fraction of sp³-hybridized carbons (Fsp3) is 0.300. The van der Waals surface area contributed by atoms with Gasteiger partial charge in [-0.1, -0.05) is 17.3 Å². The Bertz CT molecular complexity index is 965. The predicted molar refractivity (Wildman–Crippen MR) is 100 cm³/mol. The van der Waals surface area contributed by atoms with Crippen molar-refractivity contribution in [1.82, 2.24) is 24.9 Å². The summed E-state index contributed by atoms with van der Waals surface area (Å²) >= 11 is 0. The number of carbonyl (C=O) groups excluding carboxylic acids is 1. The predicted octanol–water partition coefficient (Wildman–Crippen LogP) is 3.62. The van der Waals surface area contributed by atoms with Crippen LogP contribution >= 0.6 is 0 Å². The van der Waals surface area contributed by atoms with Gasteiger partial charge in [-0.3, -0.25) is 4.98 Å². The molecule has 0 spiro atoms. The van der Waals surface area contributed by atoms with Crippen LogP contribution in [0.15, 0.2) is 48.8 Å². The fourth-order valence-electron chi connectivity index (χ4n) is 3.23. The molecule has 1 aliphatic heterocycles. The molecule has 0 radical (unpaired) electrons. The average Bonchev–Trinajstić information content (AvgIpc) is 3.20. The van der Waals surface area contributed by atoms with Crippen LogP contribution in [0.4, 0.5) is 9.18 Å². The van der Waals surface area contributed by atoms with Crippen molar-refractivity contribution in [3.63, 3.8) is 0 Å². The van der Waals surface area contributed by atoms with Crippen molar-refractivity contribution in [3.05, 3.63) is 60.3 Å². The molecular weight excluding hydrogens is 361 g/mol. The number of carbonyl (C=O) groups is 1. The molecule has 7 nitrogen and oxygen atoms in total. The maximum Gasteiger partial charge on any atom is 0.415 e. The Morgan fingerprint density at radius 1 is 1.21 bits per heavy atom. The van der Waals surface area contributed by atoms with Crippen molar-refractivity contribution in [2.24, 2.45) is 0 Å². The number of likely N-dealkylation sites (tertiary alicyclic amines) is 1. The highest BCUT2D eigenvalue weighted by molar-refractivity contribution is 5.70. The largest absolute Gasteiger partial charge is 0.415 e. The summed E-state index contributed by atoms with van der Waals surface area (Å²) in [6.07, 6.45) is 4.48. The van der Waals surface area contributed by atoms with E-state index in [1.54, 1.807) is 40.0 Å². The average molecular weight is 381 g/mol. The van der Waals surface area contributed by atoms with Gasteiger partial charge in [0.05, 0.1) is 18.4 Å².